The molecule has 21 heavy (non-hydrogen) atoms. The van der Waals surface area contributed by atoms with Crippen molar-refractivity contribution in [2.24, 2.45) is 5.14 Å². The van der Waals surface area contributed by atoms with Crippen LogP contribution in [-0.2, 0) is 11.3 Å². The van der Waals surface area contributed by atoms with Crippen LogP contribution in [0.15, 0.2) is 42.7 Å². The van der Waals surface area contributed by atoms with E-state index in [0.29, 0.717) is 16.7 Å². The van der Waals surface area contributed by atoms with Gasteiger partial charge in [-0.1, -0.05) is 29.8 Å². The lowest BCUT2D eigenvalue weighted by molar-refractivity contribution is 0.539. The Kier molecular flexibility index (Phi) is 5.17. The molecule has 3 N–H and O–H groups in total. The number of hydrogen-bond acceptors (Lipinski definition) is 6. The summed E-state index contributed by atoms with van der Waals surface area (Å²) in [5.74, 6) is 0.492. The Morgan fingerprint density at radius 2 is 2.00 bits per heavy atom. The van der Waals surface area contributed by atoms with Crippen LogP contribution in [0, 0.1) is 0 Å². The first-order valence-electron chi connectivity index (χ1n) is 5.59. The minimum Gasteiger partial charge on any atom is -0.760 e. The van der Waals surface area contributed by atoms with Gasteiger partial charge >= 0.3 is 0 Å². The number of hydrogen-bond donors (Lipinski definition) is 2. The van der Waals surface area contributed by atoms with Gasteiger partial charge in [-0.05, 0) is 12.1 Å². The molecule has 3 rings (SSSR count). The van der Waals surface area contributed by atoms with Gasteiger partial charge in [0, 0.05) is 29.3 Å². The van der Waals surface area contributed by atoms with E-state index in [4.69, 9.17) is 20.4 Å². The number of nitrogens with one attached hydrogen (secondary N) is 1. The number of fused-ring (bicyclic) bond motifs is 1. The molecule has 0 saturated heterocycles. The summed E-state index contributed by atoms with van der Waals surface area (Å²) in [6.45, 7) is 0. The zero-order valence-electron chi connectivity index (χ0n) is 10.5. The molecule has 0 fully saturated rings. The average Bonchev–Trinajstić information content (AvgIpc) is 2.83. The molecule has 1 atom stereocenters. The molecule has 10 heteroatoms. The summed E-state index contributed by atoms with van der Waals surface area (Å²) < 4.78 is 19.1. The molecule has 2 aromatic heterocycles. The predicted octanol–water partition coefficient (Wildman–Crippen LogP) is 1.26. The monoisotopic (exact) mass is 325 g/mol. The van der Waals surface area contributed by atoms with Crippen molar-refractivity contribution in [3.05, 3.63) is 47.9 Å². The zero-order chi connectivity index (χ0) is 15.2. The Morgan fingerprint density at radius 1 is 1.33 bits per heavy atom. The molecule has 110 valence electrons. The molecule has 1 aromatic carbocycles. The van der Waals surface area contributed by atoms with Crippen LogP contribution in [0.1, 0.15) is 0 Å². The summed E-state index contributed by atoms with van der Waals surface area (Å²) in [4.78, 5) is 8.20. The topological polar surface area (TPSA) is 121 Å². The number of halogens is 1. The second-order valence-electron chi connectivity index (χ2n) is 3.67. The quantitative estimate of drug-likeness (QED) is 0.684. The van der Waals surface area contributed by atoms with Gasteiger partial charge in [0.15, 0.2) is 10.8 Å². The fourth-order valence-electron chi connectivity index (χ4n) is 1.49. The van der Waals surface area contributed by atoms with E-state index in [1.807, 2.05) is 30.3 Å². The first-order valence-corrected chi connectivity index (χ1v) is 7.10. The Hall–Kier alpha value is -2.07. The summed E-state index contributed by atoms with van der Waals surface area (Å²) in [6.07, 6.45) is 3.28. The standard InChI is InChI=1S/C11H8ClN5.H3NO2S/c12-9-10-15-11(16-17(10)7-6-13-9)14-8-4-2-1-3-5-8;1-4(2)3/h1-7H,(H,14,16);1H2,(H,2,3)/p-1. The van der Waals surface area contributed by atoms with Crippen LogP contribution in [0.25, 0.3) is 5.65 Å². The first-order chi connectivity index (χ1) is 10.1. The second kappa shape index (κ2) is 7.09. The van der Waals surface area contributed by atoms with E-state index in [1.54, 1.807) is 16.9 Å². The van der Waals surface area contributed by atoms with Gasteiger partial charge in [0.2, 0.25) is 5.95 Å². The van der Waals surface area contributed by atoms with Crippen molar-refractivity contribution in [2.75, 3.05) is 5.32 Å². The third-order valence-corrected chi connectivity index (χ3v) is 2.51. The third-order valence-electron chi connectivity index (χ3n) is 2.24. The number of anilines is 2. The second-order valence-corrected chi connectivity index (χ2v) is 4.55. The van der Waals surface area contributed by atoms with Gasteiger partial charge in [0.1, 0.15) is 0 Å². The van der Waals surface area contributed by atoms with E-state index < -0.39 is 11.3 Å². The fraction of sp³-hybridized carbons (Fsp3) is 0. The maximum absolute atomic E-state index is 8.78. The largest absolute Gasteiger partial charge is 0.760 e. The van der Waals surface area contributed by atoms with E-state index in [-0.39, 0.29) is 0 Å². The van der Waals surface area contributed by atoms with Crippen LogP contribution >= 0.6 is 11.6 Å². The Labute approximate surface area is 127 Å². The summed E-state index contributed by atoms with van der Waals surface area (Å²) in [6, 6.07) is 9.69. The molecule has 0 radical (unpaired) electrons. The average molecular weight is 326 g/mol. The summed E-state index contributed by atoms with van der Waals surface area (Å²) in [7, 11) is 0. The fourth-order valence-corrected chi connectivity index (χ4v) is 1.68. The molecule has 8 nitrogen and oxygen atoms in total. The van der Waals surface area contributed by atoms with Crippen LogP contribution in [0.2, 0.25) is 5.15 Å². The summed E-state index contributed by atoms with van der Waals surface area (Å²) in [5, 5.41) is 11.7. The van der Waals surface area contributed by atoms with E-state index in [2.05, 4.69) is 25.5 Å². The first kappa shape index (κ1) is 15.3. The number of aromatic nitrogens is 4. The van der Waals surface area contributed by atoms with Crippen molar-refractivity contribution < 1.29 is 8.76 Å². The Bertz CT molecular complexity index is 747. The SMILES string of the molecule is Clc1nccn2nc(Nc3ccccc3)nc12.NS(=O)[O-]. The Balaban J connectivity index is 0.000000361. The van der Waals surface area contributed by atoms with Crippen molar-refractivity contribution in [1.29, 1.82) is 0 Å². The lowest BCUT2D eigenvalue weighted by Gasteiger charge is -1.98. The highest BCUT2D eigenvalue weighted by Crippen LogP contribution is 2.16. The highest BCUT2D eigenvalue weighted by atomic mass is 35.5. The zero-order valence-corrected chi connectivity index (χ0v) is 12.1. The highest BCUT2D eigenvalue weighted by molar-refractivity contribution is 7.76. The van der Waals surface area contributed by atoms with Gasteiger partial charge in [-0.15, -0.1) is 5.10 Å². The van der Waals surface area contributed by atoms with Crippen molar-refractivity contribution in [3.8, 4) is 0 Å². The maximum Gasteiger partial charge on any atom is 0.247 e. The lowest BCUT2D eigenvalue weighted by Crippen LogP contribution is -1.97. The predicted molar refractivity (Wildman–Crippen MR) is 78.6 cm³/mol. The van der Waals surface area contributed by atoms with Crippen molar-refractivity contribution in [1.82, 2.24) is 19.6 Å². The maximum atomic E-state index is 8.78. The number of para-hydroxylation sites is 1. The molecule has 0 saturated carbocycles. The van der Waals surface area contributed by atoms with Gasteiger partial charge in [-0.2, -0.15) is 4.98 Å². The van der Waals surface area contributed by atoms with Gasteiger partial charge in [0.25, 0.3) is 0 Å². The molecule has 0 aliphatic carbocycles. The molecule has 0 amide bonds. The smallest absolute Gasteiger partial charge is 0.247 e. The third kappa shape index (κ3) is 4.46. The van der Waals surface area contributed by atoms with Crippen LogP contribution in [0.5, 0.6) is 0 Å². The van der Waals surface area contributed by atoms with Crippen LogP contribution in [-0.4, -0.2) is 28.3 Å². The van der Waals surface area contributed by atoms with E-state index in [1.165, 1.54) is 0 Å². The molecular weight excluding hydrogens is 316 g/mol. The van der Waals surface area contributed by atoms with Gasteiger partial charge in [-0.25, -0.2) is 9.50 Å². The van der Waals surface area contributed by atoms with Crippen LogP contribution in [0.4, 0.5) is 11.6 Å². The van der Waals surface area contributed by atoms with E-state index >= 15 is 0 Å². The van der Waals surface area contributed by atoms with E-state index in [9.17, 15) is 0 Å². The highest BCUT2D eigenvalue weighted by Gasteiger charge is 2.06. The van der Waals surface area contributed by atoms with Crippen molar-refractivity contribution in [2.45, 2.75) is 0 Å². The Morgan fingerprint density at radius 3 is 2.62 bits per heavy atom. The van der Waals surface area contributed by atoms with Gasteiger partial charge < -0.3 is 9.87 Å². The lowest BCUT2D eigenvalue weighted by atomic mass is 10.3. The molecule has 0 spiro atoms. The minimum atomic E-state index is -2.36. The van der Waals surface area contributed by atoms with Gasteiger partial charge in [0.05, 0.1) is 0 Å². The summed E-state index contributed by atoms with van der Waals surface area (Å²) >= 11 is 3.55. The molecule has 2 heterocycles. The molecule has 0 bridgehead atoms. The molecular formula is C11H10ClN6O2S-. The number of nitrogens with two attached hydrogens (primary N) is 1. The van der Waals surface area contributed by atoms with Crippen LogP contribution < -0.4 is 10.5 Å². The van der Waals surface area contributed by atoms with Crippen molar-refractivity contribution >= 4 is 40.2 Å². The van der Waals surface area contributed by atoms with E-state index in [0.717, 1.165) is 5.69 Å². The molecule has 1 unspecified atom stereocenters. The van der Waals surface area contributed by atoms with Crippen LogP contribution in [0.3, 0.4) is 0 Å². The normalized spacial score (nSPS) is 11.6. The molecule has 0 aliphatic heterocycles. The minimum absolute atomic E-state index is 0.334. The number of rotatable bonds is 2. The molecule has 3 aromatic rings. The number of benzene rings is 1. The summed E-state index contributed by atoms with van der Waals surface area (Å²) in [5.41, 5.74) is 1.46. The van der Waals surface area contributed by atoms with Crippen molar-refractivity contribution in [3.63, 3.8) is 0 Å². The molecule has 0 aliphatic rings. The van der Waals surface area contributed by atoms with Gasteiger partial charge in [-0.3, -0.25) is 9.35 Å². The number of nitrogens with zero attached hydrogens (tertiary/aromatic N) is 4.